The van der Waals surface area contributed by atoms with Crippen LogP contribution in [0.5, 0.6) is 0 Å². The SMILES string of the molecule is CC1CCCC(C)N1C[13C](=O)[15NH]CCC(=O)[15NH]CC[13C](=O)ON1C(=O)CCC1=O. The third-order valence-corrected chi connectivity index (χ3v) is 5.23. The molecule has 10 heteroatoms. The average molecular weight is 414 g/mol. The molecule has 0 aliphatic carbocycles. The number of carbonyl (C=O) groups excluding carboxylic acids is 5. The van der Waals surface area contributed by atoms with Crippen molar-refractivity contribution in [2.75, 3.05) is 19.6 Å². The number of piperidine rings is 1. The second-order valence-corrected chi connectivity index (χ2v) is 7.55. The molecule has 0 radical (unpaired) electrons. The van der Waals surface area contributed by atoms with E-state index in [2.05, 4.69) is 29.4 Å². The minimum Gasteiger partial charge on any atom is -0.355 e. The summed E-state index contributed by atoms with van der Waals surface area (Å²) in [6.07, 6.45) is 3.34. The van der Waals surface area contributed by atoms with Crippen LogP contribution in [0.3, 0.4) is 0 Å². The molecule has 2 atom stereocenters. The molecule has 0 saturated carbocycles. The minimum atomic E-state index is -0.771. The van der Waals surface area contributed by atoms with Crippen LogP contribution < -0.4 is 10.6 Å². The van der Waals surface area contributed by atoms with Crippen molar-refractivity contribution in [2.24, 2.45) is 0 Å². The molecule has 2 fully saturated rings. The topological polar surface area (TPSA) is 125 Å². The molecule has 162 valence electrons. The Kier molecular flexibility index (Phi) is 8.56. The van der Waals surface area contributed by atoms with Gasteiger partial charge >= 0.3 is 5.97 Å². The summed E-state index contributed by atoms with van der Waals surface area (Å²) < 4.78 is 0. The van der Waals surface area contributed by atoms with Gasteiger partial charge in [-0.05, 0) is 26.7 Å². The summed E-state index contributed by atoms with van der Waals surface area (Å²) in [5.74, 6) is -2.28. The van der Waals surface area contributed by atoms with E-state index in [-0.39, 0.29) is 50.6 Å². The number of rotatable bonds is 9. The molecule has 0 aromatic heterocycles. The first-order chi connectivity index (χ1) is 13.8. The first kappa shape index (κ1) is 22.8. The largest absolute Gasteiger partial charge is 0.355 e. The van der Waals surface area contributed by atoms with Gasteiger partial charge in [0.05, 0.1) is 13.0 Å². The molecule has 2 N–H and O–H groups in total. The molecule has 0 aromatic carbocycles. The highest BCUT2D eigenvalue weighted by Crippen LogP contribution is 2.21. The molecule has 2 unspecified atom stereocenters. The molecule has 2 aliphatic heterocycles. The van der Waals surface area contributed by atoms with Gasteiger partial charge in [0.15, 0.2) is 0 Å². The number of likely N-dealkylation sites (tertiary alicyclic amines) is 1. The van der Waals surface area contributed by atoms with Crippen molar-refractivity contribution in [2.45, 2.75) is 70.9 Å². The minimum absolute atomic E-state index is 0.0185. The van der Waals surface area contributed by atoms with Crippen molar-refractivity contribution in [3.63, 3.8) is 0 Å². The van der Waals surface area contributed by atoms with Crippen LogP contribution in [0.15, 0.2) is 0 Å². The molecule has 4 amide bonds. The molecular weight excluding hydrogens is 384 g/mol. The Hall–Kier alpha value is -2.49. The summed E-state index contributed by atoms with van der Waals surface area (Å²) in [6, 6.07) is 0.748. The van der Waals surface area contributed by atoms with Crippen LogP contribution in [0, 0.1) is 0 Å². The smallest absolute Gasteiger partial charge is 0.334 e. The van der Waals surface area contributed by atoms with E-state index in [4.69, 9.17) is 4.84 Å². The van der Waals surface area contributed by atoms with Gasteiger partial charge in [-0.25, -0.2) is 4.79 Å². The average Bonchev–Trinajstić information content (AvgIpc) is 2.97. The van der Waals surface area contributed by atoms with Crippen LogP contribution in [0.1, 0.15) is 58.8 Å². The van der Waals surface area contributed by atoms with E-state index in [0.29, 0.717) is 23.7 Å². The zero-order valence-corrected chi connectivity index (χ0v) is 17.1. The lowest BCUT2D eigenvalue weighted by Gasteiger charge is -2.38. The van der Waals surface area contributed by atoms with Crippen molar-refractivity contribution >= 4 is 29.6 Å². The zero-order valence-electron chi connectivity index (χ0n) is 17.1. The van der Waals surface area contributed by atoms with Crippen molar-refractivity contribution in [3.05, 3.63) is 0 Å². The molecule has 0 aromatic rings. The number of nitrogens with zero attached hydrogens (tertiary/aromatic N) is 2. The molecule has 2 aliphatic rings. The van der Waals surface area contributed by atoms with E-state index in [1.165, 1.54) is 6.42 Å². The highest BCUT2D eigenvalue weighted by Gasteiger charge is 2.32. The first-order valence-electron chi connectivity index (χ1n) is 10.1. The lowest BCUT2D eigenvalue weighted by Crippen LogP contribution is -2.49. The van der Waals surface area contributed by atoms with Crippen LogP contribution in [-0.4, -0.2) is 71.3 Å². The van der Waals surface area contributed by atoms with Crippen LogP contribution >= 0.6 is 0 Å². The van der Waals surface area contributed by atoms with E-state index in [1.807, 2.05) is 0 Å². The van der Waals surface area contributed by atoms with Crippen molar-refractivity contribution < 1.29 is 28.8 Å². The summed E-state index contributed by atoms with van der Waals surface area (Å²) in [6.45, 7) is 4.80. The number of amides is 4. The van der Waals surface area contributed by atoms with Gasteiger partial charge < -0.3 is 15.5 Å². The van der Waals surface area contributed by atoms with E-state index >= 15 is 0 Å². The van der Waals surface area contributed by atoms with E-state index in [1.54, 1.807) is 0 Å². The van der Waals surface area contributed by atoms with E-state index in [0.717, 1.165) is 12.8 Å². The number of hydrogen-bond acceptors (Lipinski definition) is 7. The van der Waals surface area contributed by atoms with E-state index < -0.39 is 17.8 Å². The second kappa shape index (κ2) is 10.9. The first-order valence-corrected chi connectivity index (χ1v) is 10.1. The summed E-state index contributed by atoms with van der Waals surface area (Å²) >= 11 is 0. The van der Waals surface area contributed by atoms with Gasteiger partial charge in [-0.1, -0.05) is 6.42 Å². The monoisotopic (exact) mass is 414 g/mol. The Morgan fingerprint density at radius 2 is 1.48 bits per heavy atom. The van der Waals surface area contributed by atoms with Gasteiger partial charge in [-0.2, -0.15) is 0 Å². The predicted molar refractivity (Wildman–Crippen MR) is 102 cm³/mol. The van der Waals surface area contributed by atoms with Gasteiger partial charge in [-0.3, -0.25) is 24.1 Å². The van der Waals surface area contributed by atoms with Crippen LogP contribution in [0.2, 0.25) is 0 Å². The second-order valence-electron chi connectivity index (χ2n) is 7.55. The van der Waals surface area contributed by atoms with Crippen LogP contribution in [0.4, 0.5) is 0 Å². The quantitative estimate of drug-likeness (QED) is 0.306. The number of imide groups is 1. The number of hydroxylamine groups is 2. The zero-order chi connectivity index (χ0) is 21.4. The molecule has 0 bridgehead atoms. The molecule has 0 spiro atoms. The summed E-state index contributed by atoms with van der Waals surface area (Å²) in [7, 11) is 0. The predicted octanol–water partition coefficient (Wildman–Crippen LogP) is -0.131. The number of nitrogens with one attached hydrogen (secondary N) is 2. The van der Waals surface area contributed by atoms with Gasteiger partial charge in [0.25, 0.3) is 11.8 Å². The van der Waals surface area contributed by atoms with Crippen LogP contribution in [0.25, 0.3) is 0 Å². The van der Waals surface area contributed by atoms with Crippen molar-refractivity contribution in [3.8, 4) is 0 Å². The van der Waals surface area contributed by atoms with Gasteiger partial charge in [0, 0.05) is 44.4 Å². The Morgan fingerprint density at radius 3 is 2.10 bits per heavy atom. The van der Waals surface area contributed by atoms with Gasteiger partial charge in [0.2, 0.25) is 11.8 Å². The lowest BCUT2D eigenvalue weighted by atomic mass is 9.98. The third-order valence-electron chi connectivity index (χ3n) is 5.23. The molecule has 29 heavy (non-hydrogen) atoms. The third kappa shape index (κ3) is 7.12. The maximum atomic E-state index is 12.1. The summed E-state index contributed by atoms with van der Waals surface area (Å²) in [5.41, 5.74) is 0. The Bertz CT molecular complexity index is 627. The standard InChI is InChI=1S/C19H30N4O6/c1-13-4-3-5-14(2)22(13)12-16(25)21-10-8-15(24)20-11-9-19(28)29-23-17(26)6-7-18(23)27/h13-14H,3-12H2,1-2H3,(H,20,24)(H,21,25)/i16+1,19+1,20+1,21+1. The highest BCUT2D eigenvalue weighted by atomic mass is 16.8. The highest BCUT2D eigenvalue weighted by molar-refractivity contribution is 6.01. The molecule has 2 heterocycles. The normalized spacial score (nSPS) is 22.5. The summed E-state index contributed by atoms with van der Waals surface area (Å²) in [5, 5.41) is 5.76. The van der Waals surface area contributed by atoms with Gasteiger partial charge in [-0.15, -0.1) is 5.06 Å². The lowest BCUT2D eigenvalue weighted by molar-refractivity contribution is -0.197. The number of hydrogen-bond donors (Lipinski definition) is 2. The van der Waals surface area contributed by atoms with Crippen LogP contribution in [-0.2, 0) is 28.8 Å². The fourth-order valence-electron chi connectivity index (χ4n) is 3.52. The Labute approximate surface area is 170 Å². The van der Waals surface area contributed by atoms with E-state index in [9.17, 15) is 24.0 Å². The molecular formula is C19H30N4O6. The fraction of sp³-hybridized carbons (Fsp3) is 0.737. The van der Waals surface area contributed by atoms with Crippen molar-refractivity contribution in [1.29, 1.82) is 0 Å². The molecule has 2 rings (SSSR count). The maximum Gasteiger partial charge on any atom is 0.334 e. The Balaban J connectivity index is 1.56. The summed E-state index contributed by atoms with van der Waals surface area (Å²) in [4.78, 5) is 65.1. The number of carbonyl (C=O) groups is 5. The molecule has 10 nitrogen and oxygen atoms in total. The van der Waals surface area contributed by atoms with Gasteiger partial charge in [0.1, 0.15) is 0 Å². The Morgan fingerprint density at radius 1 is 0.931 bits per heavy atom. The fourth-order valence-corrected chi connectivity index (χ4v) is 3.52. The maximum absolute atomic E-state index is 12.1. The molecule has 2 saturated heterocycles. The van der Waals surface area contributed by atoms with Crippen molar-refractivity contribution in [1.82, 2.24) is 20.6 Å².